The third-order valence-electron chi connectivity index (χ3n) is 2.86. The second kappa shape index (κ2) is 5.04. The van der Waals surface area contributed by atoms with Crippen molar-refractivity contribution in [3.63, 3.8) is 0 Å². The molecule has 0 fully saturated rings. The van der Waals surface area contributed by atoms with Gasteiger partial charge in [-0.15, -0.1) is 12.4 Å². The third kappa shape index (κ3) is 2.02. The van der Waals surface area contributed by atoms with Crippen LogP contribution in [0.2, 0.25) is 5.02 Å². The monoisotopic (exact) mass is 275 g/mol. The van der Waals surface area contributed by atoms with Crippen LogP contribution in [0.1, 0.15) is 11.7 Å². The quantitative estimate of drug-likeness (QED) is 0.774. The minimum Gasteiger partial charge on any atom is -0.492 e. The maximum absolute atomic E-state index is 6.17. The molecule has 0 bridgehead atoms. The molecule has 2 aliphatic rings. The van der Waals surface area contributed by atoms with Gasteiger partial charge in [-0.25, -0.2) is 0 Å². The summed E-state index contributed by atoms with van der Waals surface area (Å²) in [4.78, 5) is 0. The molecular formula is C10H12BCl2NO3. The molecule has 0 radical (unpaired) electrons. The van der Waals surface area contributed by atoms with E-state index < -0.39 is 0 Å². The molecule has 0 saturated heterocycles. The second-order valence-corrected chi connectivity index (χ2v) is 4.19. The van der Waals surface area contributed by atoms with E-state index in [1.165, 1.54) is 0 Å². The smallest absolute Gasteiger partial charge is 0.492 e. The van der Waals surface area contributed by atoms with Crippen molar-refractivity contribution in [3.8, 4) is 5.75 Å². The van der Waals surface area contributed by atoms with Gasteiger partial charge in [0.1, 0.15) is 12.4 Å². The summed E-state index contributed by atoms with van der Waals surface area (Å²) in [7, 11) is -0.389. The molecule has 0 saturated carbocycles. The first-order valence-electron chi connectivity index (χ1n) is 5.23. The van der Waals surface area contributed by atoms with Gasteiger partial charge >= 0.3 is 7.12 Å². The van der Waals surface area contributed by atoms with Crippen molar-refractivity contribution in [3.05, 3.63) is 22.7 Å². The number of nitrogens with two attached hydrogens (primary N) is 1. The van der Waals surface area contributed by atoms with Crippen LogP contribution < -0.4 is 15.9 Å². The van der Waals surface area contributed by atoms with Gasteiger partial charge in [0.25, 0.3) is 0 Å². The van der Waals surface area contributed by atoms with Gasteiger partial charge in [0.05, 0.1) is 12.7 Å². The molecule has 2 aliphatic heterocycles. The predicted molar refractivity (Wildman–Crippen MR) is 68.4 cm³/mol. The van der Waals surface area contributed by atoms with Crippen molar-refractivity contribution in [1.82, 2.24) is 0 Å². The third-order valence-corrected chi connectivity index (χ3v) is 3.19. The molecule has 17 heavy (non-hydrogen) atoms. The highest BCUT2D eigenvalue weighted by molar-refractivity contribution is 6.64. The predicted octanol–water partition coefficient (Wildman–Crippen LogP) is 0.896. The highest BCUT2D eigenvalue weighted by atomic mass is 35.5. The lowest BCUT2D eigenvalue weighted by Gasteiger charge is -2.13. The van der Waals surface area contributed by atoms with Gasteiger partial charge in [-0.3, -0.25) is 0 Å². The van der Waals surface area contributed by atoms with Crippen LogP contribution in [0.15, 0.2) is 12.1 Å². The molecule has 92 valence electrons. The fourth-order valence-electron chi connectivity index (χ4n) is 2.17. The number of ether oxygens (including phenoxy) is 1. The van der Waals surface area contributed by atoms with Crippen LogP contribution in [0.4, 0.5) is 0 Å². The number of benzene rings is 1. The Morgan fingerprint density at radius 2 is 2.24 bits per heavy atom. The van der Waals surface area contributed by atoms with E-state index in [1.807, 2.05) is 12.1 Å². The van der Waals surface area contributed by atoms with Crippen LogP contribution in [-0.2, 0) is 9.31 Å². The van der Waals surface area contributed by atoms with Crippen LogP contribution in [0.3, 0.4) is 0 Å². The Kier molecular flexibility index (Phi) is 3.85. The van der Waals surface area contributed by atoms with Crippen LogP contribution >= 0.6 is 24.0 Å². The van der Waals surface area contributed by atoms with Crippen LogP contribution in [-0.4, -0.2) is 26.9 Å². The molecule has 1 aromatic rings. The fourth-order valence-corrected chi connectivity index (χ4v) is 2.46. The first-order chi connectivity index (χ1) is 7.81. The van der Waals surface area contributed by atoms with Crippen LogP contribution in [0.25, 0.3) is 0 Å². The molecule has 0 spiro atoms. The fraction of sp³-hybridized carbons (Fsp3) is 0.400. The van der Waals surface area contributed by atoms with Gasteiger partial charge in [0.15, 0.2) is 0 Å². The SMILES string of the molecule is Cl.NC[C@H]1OB2OCCOc3ccc(Cl)c1c32. The number of halogens is 2. The minimum absolute atomic E-state index is 0. The zero-order valence-corrected chi connectivity index (χ0v) is 10.6. The van der Waals surface area contributed by atoms with Gasteiger partial charge in [-0.05, 0) is 12.1 Å². The zero-order valence-electron chi connectivity index (χ0n) is 9.02. The van der Waals surface area contributed by atoms with Gasteiger partial charge in [-0.2, -0.15) is 0 Å². The number of hydrogen-bond donors (Lipinski definition) is 1. The Labute approximate surface area is 111 Å². The average molecular weight is 276 g/mol. The normalized spacial score (nSPS) is 21.3. The van der Waals surface area contributed by atoms with E-state index in [4.69, 9.17) is 31.4 Å². The molecule has 1 atom stereocenters. The molecule has 1 aromatic carbocycles. The van der Waals surface area contributed by atoms with E-state index >= 15 is 0 Å². The van der Waals surface area contributed by atoms with Crippen molar-refractivity contribution < 1.29 is 14.0 Å². The molecule has 0 aromatic heterocycles. The van der Waals surface area contributed by atoms with Gasteiger partial charge in [0.2, 0.25) is 0 Å². The van der Waals surface area contributed by atoms with Crippen molar-refractivity contribution in [2.75, 3.05) is 19.8 Å². The highest BCUT2D eigenvalue weighted by Crippen LogP contribution is 2.34. The summed E-state index contributed by atoms with van der Waals surface area (Å²) in [6.07, 6.45) is -0.200. The maximum atomic E-state index is 6.17. The topological polar surface area (TPSA) is 53.7 Å². The number of rotatable bonds is 1. The summed E-state index contributed by atoms with van der Waals surface area (Å²) >= 11 is 6.17. The first-order valence-corrected chi connectivity index (χ1v) is 5.61. The molecule has 7 heteroatoms. The maximum Gasteiger partial charge on any atom is 0.498 e. The van der Waals surface area contributed by atoms with Crippen molar-refractivity contribution in [2.24, 2.45) is 5.73 Å². The van der Waals surface area contributed by atoms with Crippen molar-refractivity contribution >= 4 is 36.6 Å². The lowest BCUT2D eigenvalue weighted by Crippen LogP contribution is -2.31. The van der Waals surface area contributed by atoms with Crippen LogP contribution in [0.5, 0.6) is 5.75 Å². The number of hydrogen-bond acceptors (Lipinski definition) is 4. The second-order valence-electron chi connectivity index (χ2n) is 3.78. The van der Waals surface area contributed by atoms with Gasteiger partial charge < -0.3 is 19.8 Å². The summed E-state index contributed by atoms with van der Waals surface area (Å²) in [5.41, 5.74) is 7.48. The van der Waals surface area contributed by atoms with Gasteiger partial charge in [0, 0.05) is 22.6 Å². The van der Waals surface area contributed by atoms with Crippen LogP contribution in [0, 0.1) is 0 Å². The summed E-state index contributed by atoms with van der Waals surface area (Å²) in [5.74, 6) is 0.790. The summed E-state index contributed by atoms with van der Waals surface area (Å²) in [6, 6.07) is 3.67. The molecule has 2 heterocycles. The lowest BCUT2D eigenvalue weighted by atomic mass is 9.78. The molecule has 2 N–H and O–H groups in total. The lowest BCUT2D eigenvalue weighted by molar-refractivity contribution is 0.148. The Balaban J connectivity index is 0.00000108. The van der Waals surface area contributed by atoms with Gasteiger partial charge in [-0.1, -0.05) is 11.6 Å². The molecule has 0 amide bonds. The largest absolute Gasteiger partial charge is 0.498 e. The van der Waals surface area contributed by atoms with Crippen molar-refractivity contribution in [1.29, 1.82) is 0 Å². The molecule has 0 unspecified atom stereocenters. The van der Waals surface area contributed by atoms with E-state index in [0.29, 0.717) is 24.8 Å². The Bertz CT molecular complexity index is 432. The highest BCUT2D eigenvalue weighted by Gasteiger charge is 2.42. The Hall–Kier alpha value is -0.455. The molecule has 4 nitrogen and oxygen atoms in total. The van der Waals surface area contributed by atoms with E-state index in [0.717, 1.165) is 16.8 Å². The standard InChI is InChI=1S/C10H11BClNO3.ClH/c12-6-1-2-7-10-9(6)8(5-13)16-11(10)15-4-3-14-7;/h1-2,8H,3-5,13H2;1H/t8-;/m1./s1. The summed E-state index contributed by atoms with van der Waals surface area (Å²) in [5, 5.41) is 0.658. The molecular weight excluding hydrogens is 264 g/mol. The van der Waals surface area contributed by atoms with E-state index in [1.54, 1.807) is 0 Å². The minimum atomic E-state index is -0.389. The van der Waals surface area contributed by atoms with E-state index in [-0.39, 0.29) is 25.6 Å². The average Bonchev–Trinajstić information content (AvgIpc) is 2.55. The van der Waals surface area contributed by atoms with E-state index in [2.05, 4.69) is 0 Å². The first kappa shape index (κ1) is 13.0. The molecule has 0 aliphatic carbocycles. The zero-order chi connectivity index (χ0) is 11.1. The van der Waals surface area contributed by atoms with Crippen molar-refractivity contribution in [2.45, 2.75) is 6.10 Å². The molecule has 3 rings (SSSR count). The summed E-state index contributed by atoms with van der Waals surface area (Å²) in [6.45, 7) is 1.42. The Morgan fingerprint density at radius 3 is 3.00 bits per heavy atom. The summed E-state index contributed by atoms with van der Waals surface area (Å²) < 4.78 is 16.9. The van der Waals surface area contributed by atoms with E-state index in [9.17, 15) is 0 Å². The Morgan fingerprint density at radius 1 is 1.41 bits per heavy atom.